The fourth-order valence-corrected chi connectivity index (χ4v) is 7.62. The molecule has 2 aliphatic carbocycles. The summed E-state index contributed by atoms with van der Waals surface area (Å²) in [5, 5.41) is 29.8. The van der Waals surface area contributed by atoms with Crippen LogP contribution in [0.5, 0.6) is 11.5 Å². The summed E-state index contributed by atoms with van der Waals surface area (Å²) in [5.41, 5.74) is 2.27. The van der Waals surface area contributed by atoms with Gasteiger partial charge in [-0.3, -0.25) is 0 Å². The second kappa shape index (κ2) is 20.8. The molecule has 0 saturated heterocycles. The smallest absolute Gasteiger partial charge is 0.338 e. The number of carbonyl (C=O) groups is 2. The minimum atomic E-state index is -1.38. The number of esters is 2. The van der Waals surface area contributed by atoms with Crippen LogP contribution in [0.2, 0.25) is 0 Å². The highest BCUT2D eigenvalue weighted by Crippen LogP contribution is 2.44. The van der Waals surface area contributed by atoms with Crippen molar-refractivity contribution < 1.29 is 43.5 Å². The van der Waals surface area contributed by atoms with Gasteiger partial charge in [-0.2, -0.15) is 0 Å². The Morgan fingerprint density at radius 2 is 1.57 bits per heavy atom. The maximum absolute atomic E-state index is 16.1. The lowest BCUT2D eigenvalue weighted by molar-refractivity contribution is -0.139. The molecule has 3 N–H and O–H groups in total. The Hall–Kier alpha value is -3.79. The number of hydrogen-bond acceptors (Lipinski definition) is 8. The lowest BCUT2D eigenvalue weighted by Crippen LogP contribution is -2.40. The molecule has 296 valence electrons. The van der Waals surface area contributed by atoms with Crippen molar-refractivity contribution >= 4 is 17.5 Å². The molecule has 1 saturated carbocycles. The van der Waals surface area contributed by atoms with E-state index in [1.54, 1.807) is 25.1 Å². The van der Waals surface area contributed by atoms with Crippen molar-refractivity contribution in [2.24, 2.45) is 23.2 Å². The molecule has 2 aromatic rings. The first-order valence-electron chi connectivity index (χ1n) is 19.8. The number of aryl methyl sites for hydroxylation is 1. The van der Waals surface area contributed by atoms with Crippen LogP contribution in [0, 0.1) is 29.0 Å². The van der Waals surface area contributed by atoms with Gasteiger partial charge in [0.15, 0.2) is 11.5 Å². The number of aliphatic hydroxyl groups excluding tert-OH is 3. The van der Waals surface area contributed by atoms with Crippen LogP contribution in [0.3, 0.4) is 0 Å². The predicted octanol–water partition coefficient (Wildman–Crippen LogP) is 8.94. The van der Waals surface area contributed by atoms with Crippen molar-refractivity contribution in [2.75, 3.05) is 33.0 Å². The number of hydrogen-bond donors (Lipinski definition) is 3. The van der Waals surface area contributed by atoms with E-state index in [0.717, 1.165) is 42.2 Å². The molecule has 9 heteroatoms. The molecular formula is C45H61FO8. The zero-order chi connectivity index (χ0) is 39.3. The summed E-state index contributed by atoms with van der Waals surface area (Å²) in [7, 11) is 0. The third-order valence-corrected chi connectivity index (χ3v) is 11.3. The third kappa shape index (κ3) is 11.6. The zero-order valence-electron chi connectivity index (χ0n) is 32.6. The average molecular weight is 749 g/mol. The Morgan fingerprint density at radius 3 is 2.17 bits per heavy atom. The van der Waals surface area contributed by atoms with E-state index in [9.17, 15) is 24.9 Å². The molecule has 1 atom stereocenters. The lowest BCUT2D eigenvalue weighted by atomic mass is 9.70. The topological polar surface area (TPSA) is 123 Å². The monoisotopic (exact) mass is 748 g/mol. The minimum absolute atomic E-state index is 0.0170. The second-order valence-corrected chi connectivity index (χ2v) is 15.7. The summed E-state index contributed by atoms with van der Waals surface area (Å²) >= 11 is 0. The van der Waals surface area contributed by atoms with Crippen molar-refractivity contribution in [1.29, 1.82) is 0 Å². The van der Waals surface area contributed by atoms with Gasteiger partial charge < -0.3 is 29.5 Å². The van der Waals surface area contributed by atoms with Gasteiger partial charge in [0, 0.05) is 16.7 Å². The molecule has 2 aliphatic rings. The van der Waals surface area contributed by atoms with Crippen molar-refractivity contribution in [2.45, 2.75) is 104 Å². The molecule has 0 spiro atoms. The number of benzene rings is 2. The molecule has 54 heavy (non-hydrogen) atoms. The fourth-order valence-electron chi connectivity index (χ4n) is 7.62. The molecule has 4 rings (SSSR count). The molecule has 0 radical (unpaired) electrons. The summed E-state index contributed by atoms with van der Waals surface area (Å²) in [6, 6.07) is 8.49. The van der Waals surface area contributed by atoms with Crippen LogP contribution in [0.4, 0.5) is 4.39 Å². The number of ether oxygens (including phenoxy) is 3. The van der Waals surface area contributed by atoms with Gasteiger partial charge in [0.1, 0.15) is 12.4 Å². The Morgan fingerprint density at radius 1 is 0.870 bits per heavy atom. The first-order chi connectivity index (χ1) is 25.9. The molecule has 0 aromatic heterocycles. The van der Waals surface area contributed by atoms with Crippen LogP contribution in [0.25, 0.3) is 16.7 Å². The standard InChI is InChI=1S/C45H61FO8/c1-6-7-8-10-32-12-14-33(15-13-32)34-16-18-35(19-17-34)36-20-21-39(40(46)24-36)38-23-37(11-9-22-52-43(50)30(2)3)42(41(25-38)54-44(51)31(4)5)53-29-45(26-47,27-48)28-49/h18,20-21,23-25,32-34,47-49H,2,4,6-17,19,22,26-29H2,1,3,5H3. The van der Waals surface area contributed by atoms with E-state index in [2.05, 4.69) is 26.2 Å². The van der Waals surface area contributed by atoms with Crippen molar-refractivity contribution in [3.05, 3.63) is 77.7 Å². The second-order valence-electron chi connectivity index (χ2n) is 15.7. The van der Waals surface area contributed by atoms with Gasteiger partial charge in [-0.25, -0.2) is 14.0 Å². The van der Waals surface area contributed by atoms with Crippen LogP contribution >= 0.6 is 0 Å². The van der Waals surface area contributed by atoms with E-state index in [1.165, 1.54) is 64.4 Å². The van der Waals surface area contributed by atoms with E-state index < -0.39 is 43.0 Å². The summed E-state index contributed by atoms with van der Waals surface area (Å²) in [4.78, 5) is 24.8. The first-order valence-corrected chi connectivity index (χ1v) is 19.8. The molecule has 0 heterocycles. The van der Waals surface area contributed by atoms with Gasteiger partial charge in [0.25, 0.3) is 0 Å². The molecule has 1 unspecified atom stereocenters. The van der Waals surface area contributed by atoms with Gasteiger partial charge in [0.2, 0.25) is 0 Å². The van der Waals surface area contributed by atoms with Gasteiger partial charge in [0.05, 0.1) is 31.8 Å². The zero-order valence-corrected chi connectivity index (χ0v) is 32.6. The highest BCUT2D eigenvalue weighted by molar-refractivity contribution is 5.89. The van der Waals surface area contributed by atoms with E-state index in [0.29, 0.717) is 29.0 Å². The van der Waals surface area contributed by atoms with Gasteiger partial charge >= 0.3 is 11.9 Å². The maximum Gasteiger partial charge on any atom is 0.338 e. The minimum Gasteiger partial charge on any atom is -0.489 e. The van der Waals surface area contributed by atoms with E-state index in [4.69, 9.17) is 14.2 Å². The van der Waals surface area contributed by atoms with Crippen molar-refractivity contribution in [3.8, 4) is 22.6 Å². The predicted molar refractivity (Wildman–Crippen MR) is 210 cm³/mol. The third-order valence-electron chi connectivity index (χ3n) is 11.3. The first kappa shape index (κ1) is 42.9. The van der Waals surface area contributed by atoms with Crippen LogP contribution in [-0.4, -0.2) is 60.3 Å². The Kier molecular flexibility index (Phi) is 16.5. The number of allylic oxidation sites excluding steroid dienone is 2. The van der Waals surface area contributed by atoms with Gasteiger partial charge in [-0.15, -0.1) is 0 Å². The lowest BCUT2D eigenvalue weighted by Gasteiger charge is -2.35. The average Bonchev–Trinajstić information content (AvgIpc) is 3.18. The molecule has 0 aliphatic heterocycles. The molecule has 8 nitrogen and oxygen atoms in total. The van der Waals surface area contributed by atoms with Gasteiger partial charge in [-0.1, -0.05) is 76.8 Å². The van der Waals surface area contributed by atoms with E-state index >= 15 is 4.39 Å². The summed E-state index contributed by atoms with van der Waals surface area (Å²) < 4.78 is 33.2. The highest BCUT2D eigenvalue weighted by Gasteiger charge is 2.32. The normalized spacial score (nSPS) is 18.8. The van der Waals surface area contributed by atoms with Crippen LogP contribution in [-0.2, 0) is 20.7 Å². The molecule has 1 fully saturated rings. The van der Waals surface area contributed by atoms with Crippen molar-refractivity contribution in [1.82, 2.24) is 0 Å². The maximum atomic E-state index is 16.1. The van der Waals surface area contributed by atoms with E-state index in [1.807, 2.05) is 6.07 Å². The Balaban J connectivity index is 1.59. The Bertz CT molecular complexity index is 1620. The summed E-state index contributed by atoms with van der Waals surface area (Å²) in [6.07, 6.45) is 16.7. The molecule has 0 bridgehead atoms. The van der Waals surface area contributed by atoms with Crippen LogP contribution < -0.4 is 9.47 Å². The number of halogens is 1. The van der Waals surface area contributed by atoms with Crippen molar-refractivity contribution in [3.63, 3.8) is 0 Å². The largest absolute Gasteiger partial charge is 0.489 e. The number of rotatable bonds is 20. The molecule has 0 amide bonds. The fraction of sp³-hybridized carbons (Fsp3) is 0.556. The van der Waals surface area contributed by atoms with Gasteiger partial charge in [-0.05, 0) is 117 Å². The number of carbonyl (C=O) groups excluding carboxylic acids is 2. The summed E-state index contributed by atoms with van der Waals surface area (Å²) in [6.45, 7) is 10.6. The molecular weight excluding hydrogens is 687 g/mol. The highest BCUT2D eigenvalue weighted by atomic mass is 19.1. The quantitative estimate of drug-likeness (QED) is 0.0531. The number of aliphatic hydroxyl groups is 3. The molecule has 2 aromatic carbocycles. The van der Waals surface area contributed by atoms with Crippen LogP contribution in [0.1, 0.15) is 109 Å². The SMILES string of the molecule is C=C(C)C(=O)OCCCc1cc(-c2ccc(C3=CCC(C4CCC(CCCCC)CC4)CC3)cc2F)cc(OC(=O)C(=C)C)c1OCC(CO)(CO)CO. The van der Waals surface area contributed by atoms with E-state index in [-0.39, 0.29) is 42.3 Å². The Labute approximate surface area is 321 Å². The number of unbranched alkanes of at least 4 members (excludes halogenated alkanes) is 2. The van der Waals surface area contributed by atoms with Crippen LogP contribution in [0.15, 0.2) is 60.7 Å². The summed E-state index contributed by atoms with van der Waals surface area (Å²) in [5.74, 6) is 0.784.